The summed E-state index contributed by atoms with van der Waals surface area (Å²) in [6.07, 6.45) is 6.57. The number of likely N-dealkylation sites (tertiary alicyclic amines) is 1. The van der Waals surface area contributed by atoms with Crippen LogP contribution in [0.5, 0.6) is 0 Å². The number of benzene rings is 1. The van der Waals surface area contributed by atoms with Crippen LogP contribution in [0.15, 0.2) is 59.9 Å². The fourth-order valence-corrected chi connectivity index (χ4v) is 3.58. The molecule has 1 aromatic carbocycles. The van der Waals surface area contributed by atoms with Crippen molar-refractivity contribution in [2.75, 3.05) is 39.3 Å². The van der Waals surface area contributed by atoms with Gasteiger partial charge >= 0.3 is 0 Å². The van der Waals surface area contributed by atoms with Gasteiger partial charge in [0, 0.05) is 51.7 Å². The number of hydrogen-bond donors (Lipinski definition) is 2. The van der Waals surface area contributed by atoms with Gasteiger partial charge in [0.2, 0.25) is 0 Å². The molecule has 3 rings (SSSR count). The molecule has 6 heteroatoms. The van der Waals surface area contributed by atoms with E-state index < -0.39 is 0 Å². The summed E-state index contributed by atoms with van der Waals surface area (Å²) in [6.45, 7) is 9.26. The van der Waals surface area contributed by atoms with Crippen LogP contribution in [0.3, 0.4) is 0 Å². The maximum atomic E-state index is 4.83. The van der Waals surface area contributed by atoms with Gasteiger partial charge in [0.05, 0.1) is 0 Å². The molecule has 1 saturated heterocycles. The van der Waals surface area contributed by atoms with E-state index in [1.807, 2.05) is 0 Å². The van der Waals surface area contributed by atoms with Gasteiger partial charge in [-0.3, -0.25) is 4.99 Å². The lowest BCUT2D eigenvalue weighted by Crippen LogP contribution is -2.39. The number of guanidine groups is 1. The Morgan fingerprint density at radius 2 is 1.86 bits per heavy atom. The van der Waals surface area contributed by atoms with Crippen LogP contribution in [0, 0.1) is 5.92 Å². The lowest BCUT2D eigenvalue weighted by atomic mass is 10.1. The predicted molar refractivity (Wildman–Crippen MR) is 129 cm³/mol. The molecule has 0 radical (unpaired) electrons. The third kappa shape index (κ3) is 7.83. The molecule has 1 fully saturated rings. The van der Waals surface area contributed by atoms with Crippen LogP contribution in [0.25, 0.3) is 0 Å². The molecule has 0 amide bonds. The number of nitrogens with zero attached hydrogens (tertiary/aromatic N) is 3. The summed E-state index contributed by atoms with van der Waals surface area (Å²) in [6, 6.07) is 14.9. The molecule has 1 atom stereocenters. The highest BCUT2D eigenvalue weighted by Gasteiger charge is 2.21. The van der Waals surface area contributed by atoms with Crippen molar-refractivity contribution < 1.29 is 0 Å². The minimum atomic E-state index is 0. The maximum Gasteiger partial charge on any atom is 0.191 e. The van der Waals surface area contributed by atoms with E-state index in [0.717, 1.165) is 45.1 Å². The molecule has 0 aliphatic carbocycles. The second kappa shape index (κ2) is 12.8. The zero-order chi connectivity index (χ0) is 18.7. The summed E-state index contributed by atoms with van der Waals surface area (Å²) in [7, 11) is 0. The van der Waals surface area contributed by atoms with Crippen molar-refractivity contribution in [2.45, 2.75) is 26.3 Å². The van der Waals surface area contributed by atoms with Crippen molar-refractivity contribution in [1.82, 2.24) is 20.1 Å². The van der Waals surface area contributed by atoms with Gasteiger partial charge in [0.15, 0.2) is 5.96 Å². The van der Waals surface area contributed by atoms with Gasteiger partial charge in [-0.2, -0.15) is 0 Å². The lowest BCUT2D eigenvalue weighted by molar-refractivity contribution is 0.329. The highest BCUT2D eigenvalue weighted by molar-refractivity contribution is 14.0. The molecule has 154 valence electrons. The van der Waals surface area contributed by atoms with Crippen LogP contribution in [-0.2, 0) is 13.0 Å². The molecule has 5 nitrogen and oxygen atoms in total. The Labute approximate surface area is 186 Å². The standard InChI is InChI=1S/C22H33N5.HI/c1-2-23-22(24-12-17-26-13-6-7-14-26)25-18-21-11-16-27(19-21)15-10-20-8-4-3-5-9-20;/h3-9,13-14,21H,2,10-12,15-19H2,1H3,(H2,23,24,25);1H. The maximum absolute atomic E-state index is 4.83. The van der Waals surface area contributed by atoms with E-state index in [4.69, 9.17) is 4.99 Å². The van der Waals surface area contributed by atoms with Crippen molar-refractivity contribution in [2.24, 2.45) is 10.9 Å². The first kappa shape index (κ1) is 22.7. The predicted octanol–water partition coefficient (Wildman–Crippen LogP) is 3.23. The summed E-state index contributed by atoms with van der Waals surface area (Å²) in [5.41, 5.74) is 1.43. The van der Waals surface area contributed by atoms with E-state index in [9.17, 15) is 0 Å². The van der Waals surface area contributed by atoms with Crippen molar-refractivity contribution >= 4 is 29.9 Å². The van der Waals surface area contributed by atoms with E-state index in [1.165, 1.54) is 25.1 Å². The van der Waals surface area contributed by atoms with Crippen LogP contribution in [0.1, 0.15) is 18.9 Å². The monoisotopic (exact) mass is 495 g/mol. The molecule has 1 aromatic heterocycles. The van der Waals surface area contributed by atoms with Gasteiger partial charge in [0.25, 0.3) is 0 Å². The van der Waals surface area contributed by atoms with Crippen LogP contribution in [-0.4, -0.2) is 54.7 Å². The largest absolute Gasteiger partial charge is 0.357 e. The smallest absolute Gasteiger partial charge is 0.191 e. The van der Waals surface area contributed by atoms with Crippen molar-refractivity contribution in [3.8, 4) is 0 Å². The average molecular weight is 495 g/mol. The molecule has 2 N–H and O–H groups in total. The second-order valence-corrected chi connectivity index (χ2v) is 7.26. The molecule has 0 saturated carbocycles. The number of halogens is 1. The van der Waals surface area contributed by atoms with E-state index in [1.54, 1.807) is 0 Å². The summed E-state index contributed by atoms with van der Waals surface area (Å²) < 4.78 is 2.18. The highest BCUT2D eigenvalue weighted by atomic mass is 127. The fourth-order valence-electron chi connectivity index (χ4n) is 3.58. The van der Waals surface area contributed by atoms with Gasteiger partial charge in [-0.1, -0.05) is 30.3 Å². The van der Waals surface area contributed by atoms with Gasteiger partial charge < -0.3 is 20.1 Å². The molecule has 28 heavy (non-hydrogen) atoms. The van der Waals surface area contributed by atoms with E-state index in [0.29, 0.717) is 5.92 Å². The molecule has 1 unspecified atom stereocenters. The SMILES string of the molecule is CCNC(=NCC1CCN(CCc2ccccc2)C1)NCCn1cccc1.I. The highest BCUT2D eigenvalue weighted by Crippen LogP contribution is 2.17. The number of rotatable bonds is 9. The third-order valence-corrected chi connectivity index (χ3v) is 5.11. The first-order valence-corrected chi connectivity index (χ1v) is 10.2. The van der Waals surface area contributed by atoms with Gasteiger partial charge in [-0.15, -0.1) is 24.0 Å². The molecule has 2 heterocycles. The molecule has 0 bridgehead atoms. The quantitative estimate of drug-likeness (QED) is 0.319. The number of aromatic nitrogens is 1. The minimum Gasteiger partial charge on any atom is -0.357 e. The minimum absolute atomic E-state index is 0. The Kier molecular flexibility index (Phi) is 10.4. The fraction of sp³-hybridized carbons (Fsp3) is 0.500. The van der Waals surface area contributed by atoms with Gasteiger partial charge in [0.1, 0.15) is 0 Å². The Bertz CT molecular complexity index is 672. The van der Waals surface area contributed by atoms with Crippen LogP contribution in [0.4, 0.5) is 0 Å². The Balaban J connectivity index is 0.00000280. The van der Waals surface area contributed by atoms with Gasteiger partial charge in [-0.05, 0) is 49.9 Å². The normalized spacial score (nSPS) is 17.3. The Morgan fingerprint density at radius 3 is 2.61 bits per heavy atom. The zero-order valence-electron chi connectivity index (χ0n) is 16.9. The van der Waals surface area contributed by atoms with Crippen molar-refractivity contribution in [1.29, 1.82) is 0 Å². The summed E-state index contributed by atoms with van der Waals surface area (Å²) in [5, 5.41) is 6.81. The second-order valence-electron chi connectivity index (χ2n) is 7.26. The van der Waals surface area contributed by atoms with Crippen LogP contribution >= 0.6 is 24.0 Å². The third-order valence-electron chi connectivity index (χ3n) is 5.11. The molecular formula is C22H34IN5. The summed E-state index contributed by atoms with van der Waals surface area (Å²) >= 11 is 0. The zero-order valence-corrected chi connectivity index (χ0v) is 19.2. The van der Waals surface area contributed by atoms with E-state index in [-0.39, 0.29) is 24.0 Å². The average Bonchev–Trinajstić information content (AvgIpc) is 3.37. The topological polar surface area (TPSA) is 44.6 Å². The van der Waals surface area contributed by atoms with E-state index >= 15 is 0 Å². The molecule has 0 spiro atoms. The first-order valence-electron chi connectivity index (χ1n) is 10.2. The number of aliphatic imine (C=N–C) groups is 1. The Hall–Kier alpha value is -1.54. The van der Waals surface area contributed by atoms with Crippen LogP contribution in [0.2, 0.25) is 0 Å². The van der Waals surface area contributed by atoms with E-state index in [2.05, 4.69) is 81.9 Å². The molecule has 2 aromatic rings. The summed E-state index contributed by atoms with van der Waals surface area (Å²) in [4.78, 5) is 7.41. The molecule has 1 aliphatic heterocycles. The first-order chi connectivity index (χ1) is 13.3. The molecular weight excluding hydrogens is 461 g/mol. The van der Waals surface area contributed by atoms with Crippen molar-refractivity contribution in [3.05, 3.63) is 60.4 Å². The van der Waals surface area contributed by atoms with Crippen LogP contribution < -0.4 is 10.6 Å². The number of nitrogens with one attached hydrogen (secondary N) is 2. The Morgan fingerprint density at radius 1 is 1.07 bits per heavy atom. The molecule has 1 aliphatic rings. The number of hydrogen-bond acceptors (Lipinski definition) is 2. The van der Waals surface area contributed by atoms with Gasteiger partial charge in [-0.25, -0.2) is 0 Å². The summed E-state index contributed by atoms with van der Waals surface area (Å²) in [5.74, 6) is 1.60. The van der Waals surface area contributed by atoms with Crippen molar-refractivity contribution in [3.63, 3.8) is 0 Å². The lowest BCUT2D eigenvalue weighted by Gasteiger charge is -2.16.